The Labute approximate surface area is 71.2 Å². The minimum absolute atomic E-state index is 0.366. The van der Waals surface area contributed by atoms with Crippen LogP contribution in [0, 0.1) is 0 Å². The summed E-state index contributed by atoms with van der Waals surface area (Å²) in [7, 11) is 0. The monoisotopic (exact) mass is 172 g/mol. The lowest BCUT2D eigenvalue weighted by Gasteiger charge is -2.04. The largest absolute Gasteiger partial charge is 0.458 e. The minimum atomic E-state index is -0.402. The molecule has 12 heavy (non-hydrogen) atoms. The van der Waals surface area contributed by atoms with Gasteiger partial charge in [-0.05, 0) is 13.0 Å². The van der Waals surface area contributed by atoms with Crippen molar-refractivity contribution in [3.05, 3.63) is 12.3 Å². The molecule has 0 heterocycles. The topological polar surface area (TPSA) is 52.6 Å². The Morgan fingerprint density at radius 1 is 1.25 bits per heavy atom. The van der Waals surface area contributed by atoms with Crippen molar-refractivity contribution in [3.8, 4) is 0 Å². The van der Waals surface area contributed by atoms with Gasteiger partial charge in [-0.15, -0.1) is 0 Å². The second kappa shape index (κ2) is 5.35. The Bertz CT molecular complexity index is 195. The van der Waals surface area contributed by atoms with E-state index in [1.165, 1.54) is 26.2 Å². The summed E-state index contributed by atoms with van der Waals surface area (Å²) >= 11 is 0. The van der Waals surface area contributed by atoms with Crippen LogP contribution in [0.15, 0.2) is 12.3 Å². The lowest BCUT2D eigenvalue weighted by molar-refractivity contribution is -0.143. The van der Waals surface area contributed by atoms with Crippen molar-refractivity contribution < 1.29 is 19.1 Å². The fourth-order valence-electron chi connectivity index (χ4n) is 0.547. The first-order valence-corrected chi connectivity index (χ1v) is 3.53. The molecule has 0 aliphatic heterocycles. The maximum absolute atomic E-state index is 10.4. The molecule has 0 aliphatic carbocycles. The first kappa shape index (κ1) is 10.7. The van der Waals surface area contributed by atoms with Gasteiger partial charge in [-0.25, -0.2) is 0 Å². The number of carbonyl (C=O) groups is 2. The zero-order chi connectivity index (χ0) is 9.56. The predicted molar refractivity (Wildman–Crippen MR) is 42.1 cm³/mol. The van der Waals surface area contributed by atoms with Crippen LogP contribution >= 0.6 is 0 Å². The van der Waals surface area contributed by atoms with E-state index >= 15 is 0 Å². The predicted octanol–water partition coefficient (Wildman–Crippen LogP) is 1.01. The number of rotatable bonds is 3. The number of carbonyl (C=O) groups excluding carboxylic acids is 2. The molecular formula is C8H12O4. The van der Waals surface area contributed by atoms with Crippen LogP contribution in [0.2, 0.25) is 0 Å². The number of ether oxygens (including phenoxy) is 2. The van der Waals surface area contributed by atoms with Crippen molar-refractivity contribution in [1.82, 2.24) is 0 Å². The first-order chi connectivity index (χ1) is 5.52. The molecule has 1 unspecified atom stereocenters. The molecule has 0 aromatic carbocycles. The summed E-state index contributed by atoms with van der Waals surface area (Å²) in [5, 5.41) is 0. The standard InChI is InChI=1S/C8H12O4/c1-6(12-8(3)10)4-5-11-7(2)9/h4-6H,1-3H3/b5-4+. The van der Waals surface area contributed by atoms with Crippen LogP contribution in [-0.4, -0.2) is 18.0 Å². The van der Waals surface area contributed by atoms with Crippen molar-refractivity contribution in [1.29, 1.82) is 0 Å². The van der Waals surface area contributed by atoms with E-state index in [0.29, 0.717) is 0 Å². The van der Waals surface area contributed by atoms with E-state index in [0.717, 1.165) is 0 Å². The number of hydrogen-bond acceptors (Lipinski definition) is 4. The lowest BCUT2D eigenvalue weighted by Crippen LogP contribution is -2.09. The van der Waals surface area contributed by atoms with Gasteiger partial charge in [0.15, 0.2) is 0 Å². The molecule has 0 aromatic rings. The van der Waals surface area contributed by atoms with Gasteiger partial charge in [-0.2, -0.15) is 0 Å². The second-order valence-corrected chi connectivity index (χ2v) is 2.25. The molecule has 0 saturated carbocycles. The van der Waals surface area contributed by atoms with Gasteiger partial charge >= 0.3 is 11.9 Å². The Morgan fingerprint density at radius 2 is 1.83 bits per heavy atom. The van der Waals surface area contributed by atoms with Gasteiger partial charge < -0.3 is 9.47 Å². The number of esters is 2. The van der Waals surface area contributed by atoms with Crippen LogP contribution in [0.5, 0.6) is 0 Å². The molecule has 0 rings (SSSR count). The van der Waals surface area contributed by atoms with Crippen molar-refractivity contribution in [2.75, 3.05) is 0 Å². The maximum atomic E-state index is 10.4. The lowest BCUT2D eigenvalue weighted by atomic mass is 10.4. The summed E-state index contributed by atoms with van der Waals surface area (Å²) in [6, 6.07) is 0. The van der Waals surface area contributed by atoms with E-state index < -0.39 is 5.97 Å². The van der Waals surface area contributed by atoms with Crippen LogP contribution in [-0.2, 0) is 19.1 Å². The molecular weight excluding hydrogens is 160 g/mol. The third-order valence-corrected chi connectivity index (χ3v) is 0.935. The summed E-state index contributed by atoms with van der Waals surface area (Å²) < 4.78 is 9.20. The molecule has 1 atom stereocenters. The van der Waals surface area contributed by atoms with E-state index in [9.17, 15) is 9.59 Å². The van der Waals surface area contributed by atoms with E-state index in [4.69, 9.17) is 4.74 Å². The SMILES string of the molecule is CC(=O)O/C=C/C(C)OC(C)=O. The van der Waals surface area contributed by atoms with Crippen LogP contribution in [0.1, 0.15) is 20.8 Å². The highest BCUT2D eigenvalue weighted by atomic mass is 16.5. The third kappa shape index (κ3) is 6.80. The highest BCUT2D eigenvalue weighted by Crippen LogP contribution is 1.93. The zero-order valence-electron chi connectivity index (χ0n) is 7.37. The average molecular weight is 172 g/mol. The van der Waals surface area contributed by atoms with Crippen LogP contribution in [0.3, 0.4) is 0 Å². The van der Waals surface area contributed by atoms with Crippen LogP contribution in [0.4, 0.5) is 0 Å². The Balaban J connectivity index is 3.67. The molecule has 0 bridgehead atoms. The van der Waals surface area contributed by atoms with Crippen molar-refractivity contribution >= 4 is 11.9 Å². The molecule has 4 heteroatoms. The van der Waals surface area contributed by atoms with E-state index in [2.05, 4.69) is 4.74 Å². The average Bonchev–Trinajstić information content (AvgIpc) is 1.84. The first-order valence-electron chi connectivity index (χ1n) is 3.53. The van der Waals surface area contributed by atoms with Gasteiger partial charge in [-0.1, -0.05) is 0 Å². The summed E-state index contributed by atoms with van der Waals surface area (Å²) in [5.74, 6) is -0.767. The molecule has 0 fully saturated rings. The fourth-order valence-corrected chi connectivity index (χ4v) is 0.547. The Morgan fingerprint density at radius 3 is 2.25 bits per heavy atom. The molecule has 0 radical (unpaired) electrons. The Hall–Kier alpha value is -1.32. The maximum Gasteiger partial charge on any atom is 0.307 e. The molecule has 0 spiro atoms. The normalized spacial score (nSPS) is 12.6. The minimum Gasteiger partial charge on any atom is -0.458 e. The van der Waals surface area contributed by atoms with Gasteiger partial charge in [0.25, 0.3) is 0 Å². The highest BCUT2D eigenvalue weighted by molar-refractivity contribution is 5.67. The fraction of sp³-hybridized carbons (Fsp3) is 0.500. The van der Waals surface area contributed by atoms with Crippen LogP contribution < -0.4 is 0 Å². The number of hydrogen-bond donors (Lipinski definition) is 0. The van der Waals surface area contributed by atoms with E-state index in [1.54, 1.807) is 6.92 Å². The van der Waals surface area contributed by atoms with Gasteiger partial charge in [0.05, 0.1) is 6.26 Å². The molecule has 0 aromatic heterocycles. The van der Waals surface area contributed by atoms with Crippen molar-refractivity contribution in [2.24, 2.45) is 0 Å². The summed E-state index contributed by atoms with van der Waals surface area (Å²) in [6.07, 6.45) is 2.31. The molecule has 0 saturated heterocycles. The third-order valence-electron chi connectivity index (χ3n) is 0.935. The van der Waals surface area contributed by atoms with Crippen molar-refractivity contribution in [2.45, 2.75) is 26.9 Å². The molecule has 0 amide bonds. The Kier molecular flexibility index (Phi) is 4.76. The van der Waals surface area contributed by atoms with Gasteiger partial charge in [-0.3, -0.25) is 9.59 Å². The second-order valence-electron chi connectivity index (χ2n) is 2.25. The molecule has 0 aliphatic rings. The molecule has 4 nitrogen and oxygen atoms in total. The van der Waals surface area contributed by atoms with E-state index in [-0.39, 0.29) is 12.1 Å². The van der Waals surface area contributed by atoms with E-state index in [1.807, 2.05) is 0 Å². The zero-order valence-corrected chi connectivity index (χ0v) is 7.37. The highest BCUT2D eigenvalue weighted by Gasteiger charge is 1.99. The quantitative estimate of drug-likeness (QED) is 0.471. The molecule has 68 valence electrons. The van der Waals surface area contributed by atoms with Gasteiger partial charge in [0.1, 0.15) is 6.10 Å². The summed E-state index contributed by atoms with van der Waals surface area (Å²) in [5.41, 5.74) is 0. The summed E-state index contributed by atoms with van der Waals surface area (Å²) in [4.78, 5) is 20.7. The van der Waals surface area contributed by atoms with Crippen LogP contribution in [0.25, 0.3) is 0 Å². The van der Waals surface area contributed by atoms with Gasteiger partial charge in [0.2, 0.25) is 0 Å². The smallest absolute Gasteiger partial charge is 0.307 e. The van der Waals surface area contributed by atoms with Crippen molar-refractivity contribution in [3.63, 3.8) is 0 Å². The summed E-state index contributed by atoms with van der Waals surface area (Å²) in [6.45, 7) is 4.28. The molecule has 0 N–H and O–H groups in total. The van der Waals surface area contributed by atoms with Gasteiger partial charge in [0, 0.05) is 13.8 Å².